The molecule has 0 amide bonds. The van der Waals surface area contributed by atoms with Gasteiger partial charge in [0, 0.05) is 75.8 Å². The number of nitriles is 4. The maximum absolute atomic E-state index is 7.79. The first-order valence-electron chi connectivity index (χ1n) is 20.4. The fourth-order valence-electron chi connectivity index (χ4n) is 5.55. The maximum Gasteiger partial charge on any atom is 2.00 e. The topological polar surface area (TPSA) is 211 Å². The normalized spacial score (nSPS) is 8.96. The summed E-state index contributed by atoms with van der Waals surface area (Å²) in [6, 6.07) is 47.2. The Morgan fingerprint density at radius 1 is 0.388 bits per heavy atom. The van der Waals surface area contributed by atoms with E-state index in [2.05, 4.69) is 135 Å². The number of nitrogens with zero attached hydrogens (tertiary/aromatic N) is 14. The summed E-state index contributed by atoms with van der Waals surface area (Å²) in [7, 11) is 0. The molecule has 0 N–H and O–H groups in total. The van der Waals surface area contributed by atoms with Crippen molar-refractivity contribution in [1.82, 2.24) is 38.2 Å². The van der Waals surface area contributed by atoms with Crippen molar-refractivity contribution in [3.63, 3.8) is 0 Å². The van der Waals surface area contributed by atoms with Gasteiger partial charge in [0.05, 0.1) is 0 Å². The Bertz CT molecular complexity index is 2520. The van der Waals surface area contributed by atoms with Crippen LogP contribution in [0.1, 0.15) is 45.6 Å². The number of rotatable bonds is 8. The monoisotopic (exact) mass is 927 g/mol. The van der Waals surface area contributed by atoms with Crippen molar-refractivity contribution in [2.24, 2.45) is 0 Å². The minimum absolute atomic E-state index is 0. The number of imidazole rings is 4. The van der Waals surface area contributed by atoms with Crippen LogP contribution in [0.25, 0.3) is 10.8 Å². The second-order valence-corrected chi connectivity index (χ2v) is 13.8. The van der Waals surface area contributed by atoms with Crippen LogP contribution >= 0.6 is 0 Å². The standard InChI is InChI=1S/4C11H12N2.2C4N3.Co/c4*1-10-12-7-8-13(10)9-11-5-3-2-4-6-11;2*5-1-4(2-6)3-7;/h4*2-8H,9H2,1H3;;;/q;;;;2*-1;+2. The Morgan fingerprint density at radius 3 is 0.701 bits per heavy atom. The molecule has 0 saturated carbocycles. The van der Waals surface area contributed by atoms with Crippen LogP contribution in [-0.4, -0.2) is 49.9 Å². The molecule has 8 rings (SSSR count). The molecule has 0 aliphatic heterocycles. The van der Waals surface area contributed by atoms with E-state index in [1.807, 2.05) is 102 Å². The molecule has 15 heteroatoms. The Balaban J connectivity index is 0.000000280. The molecule has 4 heterocycles. The quantitative estimate of drug-likeness (QED) is 0.106. The van der Waals surface area contributed by atoms with Gasteiger partial charge in [-0.25, -0.2) is 31.7 Å². The third-order valence-corrected chi connectivity index (χ3v) is 9.15. The van der Waals surface area contributed by atoms with E-state index >= 15 is 0 Å². The van der Waals surface area contributed by atoms with Gasteiger partial charge >= 0.3 is 16.8 Å². The number of aromatic nitrogens is 8. The number of aryl methyl sites for hydroxylation is 4. The molecule has 0 atom stereocenters. The van der Waals surface area contributed by atoms with Crippen LogP contribution in [-0.2, 0) is 43.0 Å². The fraction of sp³-hybridized carbons (Fsp3) is 0.154. The van der Waals surface area contributed by atoms with Gasteiger partial charge in [-0.05, 0) is 49.9 Å². The second-order valence-electron chi connectivity index (χ2n) is 13.8. The smallest absolute Gasteiger partial charge is 0.762 e. The average Bonchev–Trinajstić information content (AvgIpc) is 4.17. The van der Waals surface area contributed by atoms with Gasteiger partial charge < -0.3 is 29.1 Å². The van der Waals surface area contributed by atoms with E-state index in [-0.39, 0.29) is 16.8 Å². The van der Waals surface area contributed by atoms with Crippen molar-refractivity contribution in [3.8, 4) is 24.3 Å². The van der Waals surface area contributed by atoms with Crippen LogP contribution in [0.15, 0.2) is 182 Å². The van der Waals surface area contributed by atoms with Crippen LogP contribution in [0.3, 0.4) is 0 Å². The van der Waals surface area contributed by atoms with Gasteiger partial charge in [-0.3, -0.25) is 0 Å². The summed E-state index contributed by atoms with van der Waals surface area (Å²) < 4.78 is 8.54. The molecule has 0 unspecified atom stereocenters. The van der Waals surface area contributed by atoms with Crippen LogP contribution in [0, 0.1) is 73.0 Å². The van der Waals surface area contributed by atoms with Crippen molar-refractivity contribution in [3.05, 3.63) is 238 Å². The van der Waals surface area contributed by atoms with E-state index in [0.29, 0.717) is 0 Å². The van der Waals surface area contributed by atoms with Crippen LogP contribution in [0.5, 0.6) is 0 Å². The molecular weight excluding hydrogens is 880 g/mol. The van der Waals surface area contributed by atoms with Gasteiger partial charge in [0.25, 0.3) is 0 Å². The van der Waals surface area contributed by atoms with Gasteiger partial charge in [0.1, 0.15) is 58.7 Å². The van der Waals surface area contributed by atoms with Gasteiger partial charge in [0.2, 0.25) is 0 Å². The number of hydrogen-bond acceptors (Lipinski definition) is 8. The molecule has 335 valence electrons. The summed E-state index contributed by atoms with van der Waals surface area (Å²) >= 11 is 0. The number of hydrogen-bond donors (Lipinski definition) is 0. The number of benzene rings is 4. The molecule has 1 radical (unpaired) electrons. The molecule has 14 nitrogen and oxygen atoms in total. The van der Waals surface area contributed by atoms with Crippen molar-refractivity contribution in [2.75, 3.05) is 0 Å². The minimum Gasteiger partial charge on any atom is -0.762 e. The molecule has 8 aromatic rings. The largest absolute Gasteiger partial charge is 2.00 e. The minimum atomic E-state index is -0.403. The number of allylic oxidation sites excluding steroid dienone is 2. The SMILES string of the molecule is Cc1nccn1Cc1ccccc1.Cc1nccn1Cc1ccccc1.Cc1nccn1Cc1ccccc1.Cc1nccn1Cc1ccccc1.N#CC(=C=[N-])C#N.N#CC(=C=[N-])C#N.[Co+2]. The molecule has 4 aromatic heterocycles. The van der Waals surface area contributed by atoms with Crippen molar-refractivity contribution in [2.45, 2.75) is 53.9 Å². The van der Waals surface area contributed by atoms with Gasteiger partial charge in [0.15, 0.2) is 0 Å². The zero-order chi connectivity index (χ0) is 47.8. The summed E-state index contributed by atoms with van der Waals surface area (Å²) in [5.74, 6) is 7.03. The molecule has 0 aliphatic carbocycles. The predicted octanol–water partition coefficient (Wildman–Crippen LogP) is 9.35. The Morgan fingerprint density at radius 2 is 0.582 bits per heavy atom. The van der Waals surface area contributed by atoms with Crippen molar-refractivity contribution < 1.29 is 16.8 Å². The van der Waals surface area contributed by atoms with Crippen LogP contribution < -0.4 is 0 Å². The molecular formula is C52H48CoN14. The molecule has 0 fully saturated rings. The van der Waals surface area contributed by atoms with Crippen LogP contribution in [0.4, 0.5) is 0 Å². The molecule has 0 saturated heterocycles. The maximum atomic E-state index is 7.79. The van der Waals surface area contributed by atoms with E-state index in [9.17, 15) is 0 Å². The second kappa shape index (κ2) is 31.9. The average molecular weight is 928 g/mol. The van der Waals surface area contributed by atoms with Crippen molar-refractivity contribution >= 4 is 11.7 Å². The van der Waals surface area contributed by atoms with E-state index in [1.54, 1.807) is 0 Å². The summed E-state index contributed by atoms with van der Waals surface area (Å²) in [6.45, 7) is 11.7. The van der Waals surface area contributed by atoms with E-state index < -0.39 is 11.1 Å². The van der Waals surface area contributed by atoms with Crippen LogP contribution in [0.2, 0.25) is 0 Å². The zero-order valence-corrected chi connectivity index (χ0v) is 38.6. The fourth-order valence-corrected chi connectivity index (χ4v) is 5.55. The first-order chi connectivity index (χ1) is 32.1. The van der Waals surface area contributed by atoms with Gasteiger partial charge in [-0.2, -0.15) is 21.0 Å². The third-order valence-electron chi connectivity index (χ3n) is 9.15. The van der Waals surface area contributed by atoms with Gasteiger partial charge in [-0.1, -0.05) is 121 Å². The summed E-state index contributed by atoms with van der Waals surface area (Å²) in [6.07, 6.45) is 15.3. The van der Waals surface area contributed by atoms with E-state index in [4.69, 9.17) is 31.9 Å². The summed E-state index contributed by atoms with van der Waals surface area (Å²) in [5.41, 5.74) is 4.43. The molecule has 0 spiro atoms. The predicted molar refractivity (Wildman–Crippen MR) is 256 cm³/mol. The Kier molecular flexibility index (Phi) is 25.8. The Labute approximate surface area is 402 Å². The first-order valence-corrected chi connectivity index (χ1v) is 20.4. The zero-order valence-electron chi connectivity index (χ0n) is 37.6. The Hall–Kier alpha value is -8.91. The first kappa shape index (κ1) is 54.2. The van der Waals surface area contributed by atoms with E-state index in [1.165, 1.54) is 58.3 Å². The molecule has 67 heavy (non-hydrogen) atoms. The molecule has 4 aromatic carbocycles. The van der Waals surface area contributed by atoms with Gasteiger partial charge in [-0.15, -0.1) is 0 Å². The third kappa shape index (κ3) is 20.9. The van der Waals surface area contributed by atoms with Crippen molar-refractivity contribution in [1.29, 1.82) is 21.0 Å². The molecule has 0 aliphatic rings. The summed E-state index contributed by atoms with van der Waals surface area (Å²) in [5, 5.41) is 46.8. The van der Waals surface area contributed by atoms with E-state index in [0.717, 1.165) is 49.5 Å². The molecule has 0 bridgehead atoms. The summed E-state index contributed by atoms with van der Waals surface area (Å²) in [4.78, 5) is 16.7.